The Hall–Kier alpha value is -1.86. The molecule has 0 amide bonds. The van der Waals surface area contributed by atoms with E-state index in [1.165, 1.54) is 16.8 Å². The minimum atomic E-state index is -0.287. The molecule has 180 valence electrons. The van der Waals surface area contributed by atoms with Crippen molar-refractivity contribution >= 4 is 78.2 Å². The molecule has 1 aromatic heterocycles. The number of fused-ring (bicyclic) bond motifs is 1. The molecule has 1 atom stereocenters. The lowest BCUT2D eigenvalue weighted by Crippen LogP contribution is -2.23. The van der Waals surface area contributed by atoms with Crippen molar-refractivity contribution in [2.45, 2.75) is 32.8 Å². The molecule has 0 unspecified atom stereocenters. The lowest BCUT2D eigenvalue weighted by Gasteiger charge is -2.14. The first kappa shape index (κ1) is 26.2. The van der Waals surface area contributed by atoms with Crippen LogP contribution in [0.2, 0.25) is 0 Å². The fourth-order valence-corrected chi connectivity index (χ4v) is 5.97. The van der Waals surface area contributed by atoms with Crippen molar-refractivity contribution in [1.82, 2.24) is 9.66 Å². The van der Waals surface area contributed by atoms with Gasteiger partial charge < -0.3 is 4.74 Å². The van der Waals surface area contributed by atoms with Crippen LogP contribution >= 0.6 is 61.1 Å². The second-order valence-electron chi connectivity index (χ2n) is 8.03. The van der Waals surface area contributed by atoms with E-state index in [-0.39, 0.29) is 23.9 Å². The van der Waals surface area contributed by atoms with E-state index in [9.17, 15) is 9.18 Å². The molecule has 0 aliphatic heterocycles. The SMILES string of the molecule is CC[C@@H](C)c1nc2ccc(Br)cc2c(=O)n1N=Cc1cc(I)c(OCc2cccc(F)c2)c(I)c1. The van der Waals surface area contributed by atoms with E-state index in [0.29, 0.717) is 16.7 Å². The Morgan fingerprint density at radius 3 is 2.60 bits per heavy atom. The molecule has 0 aliphatic carbocycles. The van der Waals surface area contributed by atoms with Crippen LogP contribution in [0.5, 0.6) is 5.75 Å². The van der Waals surface area contributed by atoms with Crippen LogP contribution < -0.4 is 10.3 Å². The topological polar surface area (TPSA) is 56.5 Å². The number of rotatable bonds is 7. The first-order valence-electron chi connectivity index (χ1n) is 10.9. The standard InChI is InChI=1S/C26H21BrFI2N3O2/c1-3-15(2)25-32-23-8-7-18(27)12-20(23)26(34)33(25)31-13-17-10-21(29)24(22(30)11-17)35-14-16-5-4-6-19(28)9-16/h4-13,15H,3,14H2,1-2H3/t15-/m1/s1. The van der Waals surface area contributed by atoms with Crippen molar-refractivity contribution in [2.75, 3.05) is 0 Å². The van der Waals surface area contributed by atoms with Crippen molar-refractivity contribution in [1.29, 1.82) is 0 Å². The lowest BCUT2D eigenvalue weighted by molar-refractivity contribution is 0.301. The minimum absolute atomic E-state index is 0.0618. The third-order valence-electron chi connectivity index (χ3n) is 5.50. The molecule has 0 N–H and O–H groups in total. The molecule has 9 heteroatoms. The number of hydrogen-bond acceptors (Lipinski definition) is 4. The van der Waals surface area contributed by atoms with Crippen molar-refractivity contribution in [3.63, 3.8) is 0 Å². The summed E-state index contributed by atoms with van der Waals surface area (Å²) in [7, 11) is 0. The molecule has 0 saturated carbocycles. The van der Waals surface area contributed by atoms with Gasteiger partial charge in [0.1, 0.15) is 24.0 Å². The first-order chi connectivity index (χ1) is 16.8. The zero-order valence-corrected chi connectivity index (χ0v) is 24.8. The van der Waals surface area contributed by atoms with Gasteiger partial charge in [-0.1, -0.05) is 41.9 Å². The predicted molar refractivity (Wildman–Crippen MR) is 158 cm³/mol. The summed E-state index contributed by atoms with van der Waals surface area (Å²) < 4.78 is 23.4. The van der Waals surface area contributed by atoms with Crippen LogP contribution in [0.3, 0.4) is 0 Å². The summed E-state index contributed by atoms with van der Waals surface area (Å²) in [4.78, 5) is 18.1. The van der Waals surface area contributed by atoms with Gasteiger partial charge in [0.15, 0.2) is 0 Å². The first-order valence-corrected chi connectivity index (χ1v) is 13.8. The molecule has 0 bridgehead atoms. The van der Waals surface area contributed by atoms with Gasteiger partial charge in [0.2, 0.25) is 0 Å². The summed E-state index contributed by atoms with van der Waals surface area (Å²) in [6.07, 6.45) is 2.50. The number of nitrogens with zero attached hydrogens (tertiary/aromatic N) is 3. The van der Waals surface area contributed by atoms with Crippen LogP contribution in [0, 0.1) is 13.0 Å². The Labute approximate surface area is 238 Å². The van der Waals surface area contributed by atoms with E-state index in [0.717, 1.165) is 34.9 Å². The smallest absolute Gasteiger partial charge is 0.282 e. The highest BCUT2D eigenvalue weighted by Crippen LogP contribution is 2.29. The van der Waals surface area contributed by atoms with Gasteiger partial charge in [0.05, 0.1) is 24.3 Å². The Balaban J connectivity index is 1.67. The Morgan fingerprint density at radius 2 is 1.91 bits per heavy atom. The molecule has 35 heavy (non-hydrogen) atoms. The van der Waals surface area contributed by atoms with Gasteiger partial charge in [-0.2, -0.15) is 9.78 Å². The maximum Gasteiger partial charge on any atom is 0.282 e. The molecule has 0 spiro atoms. The quantitative estimate of drug-likeness (QED) is 0.145. The molecule has 4 rings (SSSR count). The lowest BCUT2D eigenvalue weighted by atomic mass is 10.1. The maximum absolute atomic E-state index is 13.5. The van der Waals surface area contributed by atoms with Crippen molar-refractivity contribution in [2.24, 2.45) is 5.10 Å². The Kier molecular flexibility index (Phi) is 8.59. The van der Waals surface area contributed by atoms with Crippen LogP contribution in [0.25, 0.3) is 10.9 Å². The fourth-order valence-electron chi connectivity index (χ4n) is 3.48. The number of aromatic nitrogens is 2. The second kappa shape index (κ2) is 11.5. The molecule has 5 nitrogen and oxygen atoms in total. The number of hydrogen-bond donors (Lipinski definition) is 0. The summed E-state index contributed by atoms with van der Waals surface area (Å²) in [6.45, 7) is 4.36. The van der Waals surface area contributed by atoms with Crippen LogP contribution in [-0.4, -0.2) is 15.9 Å². The summed E-state index contributed by atoms with van der Waals surface area (Å²) >= 11 is 7.85. The molecule has 0 saturated heterocycles. The predicted octanol–water partition coefficient (Wildman–Crippen LogP) is 7.48. The van der Waals surface area contributed by atoms with Crippen molar-refractivity contribution < 1.29 is 9.13 Å². The highest BCUT2D eigenvalue weighted by Gasteiger charge is 2.16. The molecule has 3 aromatic carbocycles. The highest BCUT2D eigenvalue weighted by atomic mass is 127. The number of halogens is 4. The average Bonchev–Trinajstić information content (AvgIpc) is 2.82. The van der Waals surface area contributed by atoms with Gasteiger partial charge in [-0.3, -0.25) is 4.79 Å². The zero-order chi connectivity index (χ0) is 25.1. The van der Waals surface area contributed by atoms with Crippen molar-refractivity contribution in [3.05, 3.63) is 99.3 Å². The molecular formula is C26H21BrFI2N3O2. The minimum Gasteiger partial charge on any atom is -0.487 e. The summed E-state index contributed by atoms with van der Waals surface area (Å²) in [6, 6.07) is 15.7. The van der Waals surface area contributed by atoms with Crippen LogP contribution in [0.1, 0.15) is 43.1 Å². The molecule has 0 fully saturated rings. The van der Waals surface area contributed by atoms with Gasteiger partial charge in [-0.25, -0.2) is 9.37 Å². The zero-order valence-electron chi connectivity index (χ0n) is 18.9. The average molecular weight is 760 g/mol. The number of benzene rings is 3. The van der Waals surface area contributed by atoms with Gasteiger partial charge in [-0.15, -0.1) is 0 Å². The summed E-state index contributed by atoms with van der Waals surface area (Å²) in [5, 5.41) is 5.06. The van der Waals surface area contributed by atoms with Gasteiger partial charge in [0.25, 0.3) is 5.56 Å². The van der Waals surface area contributed by atoms with Gasteiger partial charge in [0, 0.05) is 10.4 Å². The summed E-state index contributed by atoms with van der Waals surface area (Å²) in [5.41, 5.74) is 2.04. The second-order valence-corrected chi connectivity index (χ2v) is 11.3. The fraction of sp³-hybridized carbons (Fsp3) is 0.192. The van der Waals surface area contributed by atoms with E-state index in [4.69, 9.17) is 9.72 Å². The Morgan fingerprint density at radius 1 is 1.17 bits per heavy atom. The van der Waals surface area contributed by atoms with E-state index in [1.54, 1.807) is 18.3 Å². The molecule has 0 radical (unpaired) electrons. The monoisotopic (exact) mass is 759 g/mol. The third kappa shape index (κ3) is 6.11. The Bertz CT molecular complexity index is 1470. The largest absolute Gasteiger partial charge is 0.487 e. The van der Waals surface area contributed by atoms with Gasteiger partial charge in [-0.05, 0) is 105 Å². The molecular weight excluding hydrogens is 739 g/mol. The molecule has 0 aliphatic rings. The van der Waals surface area contributed by atoms with Crippen LogP contribution in [0.15, 0.2) is 69.0 Å². The van der Waals surface area contributed by atoms with E-state index >= 15 is 0 Å². The molecule has 1 heterocycles. The van der Waals surface area contributed by atoms with E-state index in [1.807, 2.05) is 37.3 Å². The molecule has 4 aromatic rings. The van der Waals surface area contributed by atoms with Crippen LogP contribution in [0.4, 0.5) is 4.39 Å². The van der Waals surface area contributed by atoms with E-state index < -0.39 is 0 Å². The van der Waals surface area contributed by atoms with Crippen LogP contribution in [-0.2, 0) is 6.61 Å². The van der Waals surface area contributed by atoms with Crippen molar-refractivity contribution in [3.8, 4) is 5.75 Å². The normalized spacial score (nSPS) is 12.4. The maximum atomic E-state index is 13.5. The van der Waals surface area contributed by atoms with E-state index in [2.05, 4.69) is 73.1 Å². The highest BCUT2D eigenvalue weighted by molar-refractivity contribution is 14.1. The summed E-state index contributed by atoms with van der Waals surface area (Å²) in [5.74, 6) is 1.13. The third-order valence-corrected chi connectivity index (χ3v) is 7.60. The van der Waals surface area contributed by atoms with Gasteiger partial charge >= 0.3 is 0 Å². The number of ether oxygens (including phenoxy) is 1.